The zero-order valence-corrected chi connectivity index (χ0v) is 13.6. The lowest BCUT2D eigenvalue weighted by atomic mass is 9.79. The number of hydrogen-bond donors (Lipinski definition) is 1. The monoisotopic (exact) mass is 299 g/mol. The van der Waals surface area contributed by atoms with E-state index in [-0.39, 0.29) is 11.2 Å². The Morgan fingerprint density at radius 3 is 2.70 bits per heavy atom. The highest BCUT2D eigenvalue weighted by Gasteiger charge is 2.44. The first kappa shape index (κ1) is 15.1. The van der Waals surface area contributed by atoms with E-state index in [1.165, 1.54) is 25.0 Å². The summed E-state index contributed by atoms with van der Waals surface area (Å²) in [5.74, 6) is 3.23. The fraction of sp³-hybridized carbons (Fsp3) is 1.00. The Morgan fingerprint density at radius 2 is 2.05 bits per heavy atom. The second-order valence-electron chi connectivity index (χ2n) is 7.14. The summed E-state index contributed by atoms with van der Waals surface area (Å²) in [6.45, 7) is 3.89. The summed E-state index contributed by atoms with van der Waals surface area (Å²) >= 11 is 2.03. The van der Waals surface area contributed by atoms with Gasteiger partial charge in [-0.2, -0.15) is 11.8 Å². The molecule has 3 nitrogen and oxygen atoms in total. The first-order chi connectivity index (χ1) is 9.65. The van der Waals surface area contributed by atoms with Gasteiger partial charge in [0, 0.05) is 25.3 Å². The van der Waals surface area contributed by atoms with Crippen LogP contribution >= 0.6 is 11.8 Å². The topological polar surface area (TPSA) is 44.5 Å². The number of hydrogen-bond acceptors (Lipinski definition) is 4. The molecule has 0 bridgehead atoms. The van der Waals surface area contributed by atoms with Gasteiger partial charge < -0.3 is 15.2 Å². The summed E-state index contributed by atoms with van der Waals surface area (Å²) in [6, 6.07) is 0. The molecule has 20 heavy (non-hydrogen) atoms. The van der Waals surface area contributed by atoms with E-state index in [0.717, 1.165) is 44.0 Å². The molecule has 3 rings (SSSR count). The predicted octanol–water partition coefficient (Wildman–Crippen LogP) is 2.97. The van der Waals surface area contributed by atoms with E-state index >= 15 is 0 Å². The average Bonchev–Trinajstić information content (AvgIpc) is 2.90. The number of nitrogens with two attached hydrogens (primary N) is 1. The number of rotatable bonds is 3. The normalized spacial score (nSPS) is 45.9. The molecule has 2 atom stereocenters. The maximum absolute atomic E-state index is 6.59. The van der Waals surface area contributed by atoms with Crippen LogP contribution in [0.2, 0.25) is 0 Å². The number of ether oxygens (including phenoxy) is 2. The van der Waals surface area contributed by atoms with Crippen LogP contribution in [0.4, 0.5) is 0 Å². The van der Waals surface area contributed by atoms with E-state index in [2.05, 4.69) is 6.92 Å². The maximum atomic E-state index is 6.59. The van der Waals surface area contributed by atoms with Crippen LogP contribution < -0.4 is 5.73 Å². The van der Waals surface area contributed by atoms with E-state index in [0.29, 0.717) is 12.6 Å². The molecule has 3 aliphatic rings. The molecule has 1 spiro atoms. The van der Waals surface area contributed by atoms with E-state index in [4.69, 9.17) is 15.2 Å². The molecule has 3 fully saturated rings. The van der Waals surface area contributed by atoms with Crippen LogP contribution in [0.1, 0.15) is 51.9 Å². The summed E-state index contributed by atoms with van der Waals surface area (Å²) < 4.78 is 12.7. The van der Waals surface area contributed by atoms with Gasteiger partial charge in [-0.1, -0.05) is 6.92 Å². The SMILES string of the molecule is CC1CCC(CN)(OC2CCOC3(CCSC3)C2)CC1. The largest absolute Gasteiger partial charge is 0.374 e. The summed E-state index contributed by atoms with van der Waals surface area (Å²) in [7, 11) is 0. The van der Waals surface area contributed by atoms with Crippen molar-refractivity contribution in [3.63, 3.8) is 0 Å². The smallest absolute Gasteiger partial charge is 0.0808 e. The van der Waals surface area contributed by atoms with E-state index in [1.54, 1.807) is 0 Å². The van der Waals surface area contributed by atoms with Gasteiger partial charge in [0.25, 0.3) is 0 Å². The predicted molar refractivity (Wildman–Crippen MR) is 84.1 cm³/mol. The fourth-order valence-corrected chi connectivity index (χ4v) is 5.34. The molecule has 0 aromatic carbocycles. The molecule has 2 N–H and O–H groups in total. The molecule has 4 heteroatoms. The summed E-state index contributed by atoms with van der Waals surface area (Å²) in [4.78, 5) is 0. The summed E-state index contributed by atoms with van der Waals surface area (Å²) in [5.41, 5.74) is 6.16. The minimum absolute atomic E-state index is 0.0402. The van der Waals surface area contributed by atoms with Gasteiger partial charge in [-0.25, -0.2) is 0 Å². The lowest BCUT2D eigenvalue weighted by molar-refractivity contribution is -0.175. The third-order valence-electron chi connectivity index (χ3n) is 5.49. The Hall–Kier alpha value is 0.230. The highest BCUT2D eigenvalue weighted by Crippen LogP contribution is 2.42. The molecule has 0 radical (unpaired) electrons. The molecule has 0 amide bonds. The van der Waals surface area contributed by atoms with Crippen LogP contribution in [0.3, 0.4) is 0 Å². The van der Waals surface area contributed by atoms with Gasteiger partial charge in [0.05, 0.1) is 17.3 Å². The van der Waals surface area contributed by atoms with Gasteiger partial charge in [-0.15, -0.1) is 0 Å². The number of thioether (sulfide) groups is 1. The molecular weight excluding hydrogens is 270 g/mol. The third kappa shape index (κ3) is 3.18. The third-order valence-corrected chi connectivity index (χ3v) is 6.71. The van der Waals surface area contributed by atoms with Gasteiger partial charge in [0.15, 0.2) is 0 Å². The zero-order valence-electron chi connectivity index (χ0n) is 12.7. The van der Waals surface area contributed by atoms with Crippen molar-refractivity contribution in [2.24, 2.45) is 11.7 Å². The van der Waals surface area contributed by atoms with E-state index in [1.807, 2.05) is 11.8 Å². The first-order valence-corrected chi connectivity index (χ1v) is 9.40. The van der Waals surface area contributed by atoms with Crippen molar-refractivity contribution in [3.8, 4) is 0 Å². The molecule has 2 heterocycles. The molecule has 2 aliphatic heterocycles. The van der Waals surface area contributed by atoms with Crippen molar-refractivity contribution in [1.29, 1.82) is 0 Å². The molecule has 116 valence electrons. The molecular formula is C16H29NO2S. The standard InChI is InChI=1S/C16H29NO2S/c1-13-2-5-15(11-17,6-3-13)19-14-4-8-18-16(10-14)7-9-20-12-16/h13-14H,2-12,17H2,1H3. The van der Waals surface area contributed by atoms with Crippen LogP contribution in [0.15, 0.2) is 0 Å². The lowest BCUT2D eigenvalue weighted by Gasteiger charge is -2.45. The van der Waals surface area contributed by atoms with Gasteiger partial charge >= 0.3 is 0 Å². The second-order valence-corrected chi connectivity index (χ2v) is 8.24. The average molecular weight is 299 g/mol. The maximum Gasteiger partial charge on any atom is 0.0808 e. The van der Waals surface area contributed by atoms with Crippen molar-refractivity contribution >= 4 is 11.8 Å². The summed E-state index contributed by atoms with van der Waals surface area (Å²) in [6.07, 6.45) is 8.50. The van der Waals surface area contributed by atoms with Gasteiger partial charge in [0.1, 0.15) is 0 Å². The van der Waals surface area contributed by atoms with Gasteiger partial charge in [-0.3, -0.25) is 0 Å². The molecule has 2 saturated heterocycles. The van der Waals surface area contributed by atoms with Crippen LogP contribution in [-0.4, -0.2) is 42.0 Å². The summed E-state index contributed by atoms with van der Waals surface area (Å²) in [5, 5.41) is 0. The van der Waals surface area contributed by atoms with Gasteiger partial charge in [0.2, 0.25) is 0 Å². The fourth-order valence-electron chi connectivity index (χ4n) is 3.96. The van der Waals surface area contributed by atoms with Crippen molar-refractivity contribution in [2.45, 2.75) is 69.2 Å². The minimum Gasteiger partial charge on any atom is -0.374 e. The molecule has 0 aromatic rings. The van der Waals surface area contributed by atoms with Crippen LogP contribution in [-0.2, 0) is 9.47 Å². The van der Waals surface area contributed by atoms with Crippen LogP contribution in [0.25, 0.3) is 0 Å². The van der Waals surface area contributed by atoms with Crippen molar-refractivity contribution in [2.75, 3.05) is 24.7 Å². The van der Waals surface area contributed by atoms with Crippen molar-refractivity contribution in [1.82, 2.24) is 0 Å². The van der Waals surface area contributed by atoms with Crippen molar-refractivity contribution < 1.29 is 9.47 Å². The van der Waals surface area contributed by atoms with Crippen molar-refractivity contribution in [3.05, 3.63) is 0 Å². The first-order valence-electron chi connectivity index (χ1n) is 8.25. The highest BCUT2D eigenvalue weighted by molar-refractivity contribution is 7.99. The molecule has 1 saturated carbocycles. The minimum atomic E-state index is -0.0402. The Labute approximate surface area is 127 Å². The highest BCUT2D eigenvalue weighted by atomic mass is 32.2. The molecule has 1 aliphatic carbocycles. The zero-order chi connectivity index (χ0) is 14.1. The Morgan fingerprint density at radius 1 is 1.25 bits per heavy atom. The van der Waals surface area contributed by atoms with E-state index < -0.39 is 0 Å². The molecule has 0 aromatic heterocycles. The van der Waals surface area contributed by atoms with Crippen LogP contribution in [0, 0.1) is 5.92 Å². The quantitative estimate of drug-likeness (QED) is 0.870. The van der Waals surface area contributed by atoms with Gasteiger partial charge in [-0.05, 0) is 50.2 Å². The Balaban J connectivity index is 1.61. The van der Waals surface area contributed by atoms with E-state index in [9.17, 15) is 0 Å². The lowest BCUT2D eigenvalue weighted by Crippen LogP contribution is -2.50. The Kier molecular flexibility index (Phi) is 4.66. The molecule has 2 unspecified atom stereocenters. The van der Waals surface area contributed by atoms with Crippen LogP contribution in [0.5, 0.6) is 0 Å². The Bertz CT molecular complexity index is 322. The second kappa shape index (κ2) is 6.15.